The molecule has 0 bridgehead atoms. The van der Waals surface area contributed by atoms with Gasteiger partial charge < -0.3 is 14.4 Å². The Morgan fingerprint density at radius 1 is 1.00 bits per heavy atom. The Hall–Kier alpha value is -2.37. The number of amides is 1. The van der Waals surface area contributed by atoms with E-state index in [9.17, 15) is 4.79 Å². The van der Waals surface area contributed by atoms with Gasteiger partial charge in [0, 0.05) is 51.4 Å². The second-order valence-corrected chi connectivity index (χ2v) is 8.30. The fourth-order valence-corrected chi connectivity index (χ4v) is 4.44. The Kier molecular flexibility index (Phi) is 7.03. The summed E-state index contributed by atoms with van der Waals surface area (Å²) in [5, 5.41) is 0. The molecule has 2 aromatic carbocycles. The van der Waals surface area contributed by atoms with Crippen molar-refractivity contribution in [1.29, 1.82) is 0 Å². The summed E-state index contributed by atoms with van der Waals surface area (Å²) in [5.74, 6) is 1.11. The van der Waals surface area contributed by atoms with E-state index < -0.39 is 0 Å². The third-order valence-corrected chi connectivity index (χ3v) is 6.34. The van der Waals surface area contributed by atoms with Crippen LogP contribution in [-0.2, 0) is 22.5 Å². The number of ether oxygens (including phenoxy) is 2. The van der Waals surface area contributed by atoms with Gasteiger partial charge in [0.05, 0.1) is 7.11 Å². The summed E-state index contributed by atoms with van der Waals surface area (Å²) in [6.07, 6.45) is 3.50. The minimum absolute atomic E-state index is 0.258. The molecule has 2 saturated heterocycles. The quantitative estimate of drug-likeness (QED) is 0.670. The molecule has 30 heavy (non-hydrogen) atoms. The van der Waals surface area contributed by atoms with E-state index in [2.05, 4.69) is 35.2 Å². The Morgan fingerprint density at radius 3 is 2.37 bits per heavy atom. The number of aryl methyl sites for hydroxylation is 1. The molecule has 2 aromatic rings. The lowest BCUT2D eigenvalue weighted by Gasteiger charge is -2.49. The van der Waals surface area contributed by atoms with Crippen molar-refractivity contribution in [2.24, 2.45) is 0 Å². The number of hydrogen-bond donors (Lipinski definition) is 0. The molecule has 0 unspecified atom stereocenters. The van der Waals surface area contributed by atoms with Crippen molar-refractivity contribution >= 4 is 5.91 Å². The van der Waals surface area contributed by atoms with Crippen molar-refractivity contribution in [3.8, 4) is 5.75 Å². The molecule has 0 atom stereocenters. The molecule has 2 aliphatic rings. The molecule has 0 aliphatic carbocycles. The fraction of sp³-hybridized carbons (Fsp3) is 0.480. The lowest BCUT2D eigenvalue weighted by Crippen LogP contribution is -2.63. The standard InChI is InChI=1S/C25H32N2O3/c1-29-24-10-7-20(8-11-24)9-12-25(28)26-18-23(19-26)27(22-13-15-30-16-14-22)17-21-5-3-2-4-6-21/h2-8,10-11,22-23H,9,12-19H2,1H3. The van der Waals surface area contributed by atoms with Gasteiger partial charge in [0.1, 0.15) is 5.75 Å². The highest BCUT2D eigenvalue weighted by Gasteiger charge is 2.37. The van der Waals surface area contributed by atoms with Crippen LogP contribution in [0.1, 0.15) is 30.4 Å². The summed E-state index contributed by atoms with van der Waals surface area (Å²) in [5.41, 5.74) is 2.52. The number of carbonyl (C=O) groups excluding carboxylic acids is 1. The SMILES string of the molecule is COc1ccc(CCC(=O)N2CC(N(Cc3ccccc3)C3CCOCC3)C2)cc1. The first-order chi connectivity index (χ1) is 14.7. The van der Waals surface area contributed by atoms with Gasteiger partial charge in [-0.1, -0.05) is 42.5 Å². The maximum atomic E-state index is 12.7. The van der Waals surface area contributed by atoms with Crippen molar-refractivity contribution in [2.75, 3.05) is 33.4 Å². The van der Waals surface area contributed by atoms with Crippen LogP contribution < -0.4 is 4.74 Å². The van der Waals surface area contributed by atoms with E-state index in [1.54, 1.807) is 7.11 Å². The average Bonchev–Trinajstić information content (AvgIpc) is 2.77. The van der Waals surface area contributed by atoms with Gasteiger partial charge in [-0.2, -0.15) is 0 Å². The molecule has 0 spiro atoms. The van der Waals surface area contributed by atoms with Gasteiger partial charge >= 0.3 is 0 Å². The number of methoxy groups -OCH3 is 1. The van der Waals surface area contributed by atoms with E-state index in [0.29, 0.717) is 18.5 Å². The highest BCUT2D eigenvalue weighted by Crippen LogP contribution is 2.26. The first-order valence-electron chi connectivity index (χ1n) is 11.0. The number of benzene rings is 2. The summed E-state index contributed by atoms with van der Waals surface area (Å²) < 4.78 is 10.8. The number of rotatable bonds is 8. The normalized spacial score (nSPS) is 17.7. The van der Waals surface area contributed by atoms with Crippen LogP contribution in [0.3, 0.4) is 0 Å². The number of carbonyl (C=O) groups is 1. The molecule has 4 rings (SSSR count). The van der Waals surface area contributed by atoms with E-state index >= 15 is 0 Å². The minimum atomic E-state index is 0.258. The highest BCUT2D eigenvalue weighted by atomic mass is 16.5. The third kappa shape index (κ3) is 5.21. The van der Waals surface area contributed by atoms with Crippen molar-refractivity contribution in [2.45, 2.75) is 44.3 Å². The van der Waals surface area contributed by atoms with Gasteiger partial charge in [0.15, 0.2) is 0 Å². The maximum absolute atomic E-state index is 12.7. The van der Waals surface area contributed by atoms with Gasteiger partial charge in [-0.3, -0.25) is 9.69 Å². The topological polar surface area (TPSA) is 42.0 Å². The van der Waals surface area contributed by atoms with Crippen LogP contribution in [0, 0.1) is 0 Å². The average molecular weight is 409 g/mol. The largest absolute Gasteiger partial charge is 0.497 e. The van der Waals surface area contributed by atoms with Crippen LogP contribution >= 0.6 is 0 Å². The maximum Gasteiger partial charge on any atom is 0.223 e. The summed E-state index contributed by atoms with van der Waals surface area (Å²) in [6, 6.07) is 19.6. The van der Waals surface area contributed by atoms with Gasteiger partial charge in [-0.05, 0) is 42.5 Å². The van der Waals surface area contributed by atoms with Crippen LogP contribution in [-0.4, -0.2) is 61.2 Å². The third-order valence-electron chi connectivity index (χ3n) is 6.34. The molecule has 2 aliphatic heterocycles. The molecule has 0 radical (unpaired) electrons. The molecule has 2 heterocycles. The summed E-state index contributed by atoms with van der Waals surface area (Å²) >= 11 is 0. The predicted octanol–water partition coefficient (Wildman–Crippen LogP) is 3.52. The molecule has 0 N–H and O–H groups in total. The van der Waals surface area contributed by atoms with Gasteiger partial charge in [0.2, 0.25) is 5.91 Å². The van der Waals surface area contributed by atoms with E-state index in [4.69, 9.17) is 9.47 Å². The molecule has 2 fully saturated rings. The Morgan fingerprint density at radius 2 is 1.70 bits per heavy atom. The monoisotopic (exact) mass is 408 g/mol. The van der Waals surface area contributed by atoms with Crippen molar-refractivity contribution in [1.82, 2.24) is 9.80 Å². The van der Waals surface area contributed by atoms with Crippen LogP contribution in [0.15, 0.2) is 54.6 Å². The zero-order valence-electron chi connectivity index (χ0n) is 17.8. The molecule has 5 heteroatoms. The summed E-state index contributed by atoms with van der Waals surface area (Å²) in [4.78, 5) is 17.3. The van der Waals surface area contributed by atoms with Crippen LogP contribution in [0.2, 0.25) is 0 Å². The zero-order chi connectivity index (χ0) is 20.8. The van der Waals surface area contributed by atoms with E-state index in [0.717, 1.165) is 57.9 Å². The smallest absolute Gasteiger partial charge is 0.223 e. The molecular formula is C25H32N2O3. The highest BCUT2D eigenvalue weighted by molar-refractivity contribution is 5.77. The molecule has 5 nitrogen and oxygen atoms in total. The molecule has 1 amide bonds. The second kappa shape index (κ2) is 10.1. The van der Waals surface area contributed by atoms with Crippen LogP contribution in [0.4, 0.5) is 0 Å². The van der Waals surface area contributed by atoms with Gasteiger partial charge in [0.25, 0.3) is 0 Å². The summed E-state index contributed by atoms with van der Waals surface area (Å²) in [7, 11) is 1.67. The number of nitrogens with zero attached hydrogens (tertiary/aromatic N) is 2. The van der Waals surface area contributed by atoms with Crippen molar-refractivity contribution in [3.63, 3.8) is 0 Å². The second-order valence-electron chi connectivity index (χ2n) is 8.30. The molecule has 0 aromatic heterocycles. The molecule has 160 valence electrons. The number of likely N-dealkylation sites (tertiary alicyclic amines) is 1. The predicted molar refractivity (Wildman–Crippen MR) is 118 cm³/mol. The molecular weight excluding hydrogens is 376 g/mol. The molecule has 0 saturated carbocycles. The number of hydrogen-bond acceptors (Lipinski definition) is 4. The lowest BCUT2D eigenvalue weighted by atomic mass is 9.98. The van der Waals surface area contributed by atoms with Crippen molar-refractivity contribution in [3.05, 3.63) is 65.7 Å². The Bertz CT molecular complexity index is 797. The first-order valence-corrected chi connectivity index (χ1v) is 11.0. The van der Waals surface area contributed by atoms with Gasteiger partial charge in [-0.15, -0.1) is 0 Å². The fourth-order valence-electron chi connectivity index (χ4n) is 4.44. The Balaban J connectivity index is 1.30. The zero-order valence-corrected chi connectivity index (χ0v) is 17.8. The van der Waals surface area contributed by atoms with E-state index in [1.165, 1.54) is 11.1 Å². The minimum Gasteiger partial charge on any atom is -0.497 e. The lowest BCUT2D eigenvalue weighted by molar-refractivity contribution is -0.140. The summed E-state index contributed by atoms with van der Waals surface area (Å²) in [6.45, 7) is 4.31. The van der Waals surface area contributed by atoms with Gasteiger partial charge in [-0.25, -0.2) is 0 Å². The Labute approximate surface area is 179 Å². The van der Waals surface area contributed by atoms with Crippen LogP contribution in [0.25, 0.3) is 0 Å². The van der Waals surface area contributed by atoms with Crippen molar-refractivity contribution < 1.29 is 14.3 Å². The van der Waals surface area contributed by atoms with Crippen LogP contribution in [0.5, 0.6) is 5.75 Å². The van der Waals surface area contributed by atoms with E-state index in [-0.39, 0.29) is 5.91 Å². The van der Waals surface area contributed by atoms with E-state index in [1.807, 2.05) is 29.2 Å². The first kappa shape index (κ1) is 20.9.